The van der Waals surface area contributed by atoms with Crippen molar-refractivity contribution in [2.75, 3.05) is 7.11 Å². The van der Waals surface area contributed by atoms with Crippen molar-refractivity contribution < 1.29 is 14.6 Å². The first-order chi connectivity index (χ1) is 10.5. The van der Waals surface area contributed by atoms with Gasteiger partial charge in [0, 0.05) is 10.1 Å². The molecule has 0 radical (unpaired) electrons. The molecule has 2 rings (SSSR count). The van der Waals surface area contributed by atoms with Gasteiger partial charge in [-0.3, -0.25) is 4.79 Å². The number of hydrogen-bond acceptors (Lipinski definition) is 3. The Bertz CT molecular complexity index is 637. The summed E-state index contributed by atoms with van der Waals surface area (Å²) >= 11 is 1.60. The number of ether oxygens (including phenoxy) is 1. The molecule has 1 N–H and O–H groups in total. The molecular formula is C18H20O3S. The van der Waals surface area contributed by atoms with Gasteiger partial charge in [-0.25, -0.2) is 0 Å². The maximum Gasteiger partial charge on any atom is 0.307 e. The number of methoxy groups -OCH3 is 1. The lowest BCUT2D eigenvalue weighted by Gasteiger charge is -2.22. The van der Waals surface area contributed by atoms with Gasteiger partial charge in [0.05, 0.1) is 13.0 Å². The zero-order chi connectivity index (χ0) is 16.1. The van der Waals surface area contributed by atoms with Crippen LogP contribution < -0.4 is 4.74 Å². The first-order valence-corrected chi connectivity index (χ1v) is 8.00. The Balaban J connectivity index is 2.33. The summed E-state index contributed by atoms with van der Waals surface area (Å²) in [5.41, 5.74) is 2.15. The zero-order valence-corrected chi connectivity index (χ0v) is 13.8. The van der Waals surface area contributed by atoms with Crippen molar-refractivity contribution in [1.82, 2.24) is 0 Å². The van der Waals surface area contributed by atoms with Gasteiger partial charge in [-0.05, 0) is 36.2 Å². The van der Waals surface area contributed by atoms with Crippen LogP contribution in [0.25, 0.3) is 0 Å². The maximum absolute atomic E-state index is 11.5. The Hall–Kier alpha value is -1.94. The van der Waals surface area contributed by atoms with Crippen LogP contribution in [0.2, 0.25) is 0 Å². The quantitative estimate of drug-likeness (QED) is 0.794. The van der Waals surface area contributed by atoms with Gasteiger partial charge >= 0.3 is 5.97 Å². The van der Waals surface area contributed by atoms with Gasteiger partial charge in [0.15, 0.2) is 0 Å². The van der Waals surface area contributed by atoms with E-state index in [2.05, 4.69) is 0 Å². The second kappa shape index (κ2) is 7.36. The van der Waals surface area contributed by atoms with E-state index in [0.29, 0.717) is 0 Å². The zero-order valence-electron chi connectivity index (χ0n) is 12.9. The second-order valence-corrected chi connectivity index (χ2v) is 6.39. The van der Waals surface area contributed by atoms with Crippen molar-refractivity contribution >= 4 is 17.7 Å². The molecule has 2 aromatic rings. The van der Waals surface area contributed by atoms with E-state index in [4.69, 9.17) is 4.74 Å². The van der Waals surface area contributed by atoms with Gasteiger partial charge < -0.3 is 9.84 Å². The minimum atomic E-state index is -0.790. The van der Waals surface area contributed by atoms with Crippen molar-refractivity contribution in [2.45, 2.75) is 24.0 Å². The van der Waals surface area contributed by atoms with E-state index < -0.39 is 11.9 Å². The summed E-state index contributed by atoms with van der Waals surface area (Å²) in [5, 5.41) is 9.28. The number of hydrogen-bond donors (Lipinski definition) is 1. The predicted molar refractivity (Wildman–Crippen MR) is 89.6 cm³/mol. The predicted octanol–water partition coefficient (Wildman–Crippen LogP) is 4.56. The molecule has 116 valence electrons. The van der Waals surface area contributed by atoms with Crippen molar-refractivity contribution in [2.24, 2.45) is 5.92 Å². The number of aliphatic carboxylic acids is 1. The molecule has 3 nitrogen and oxygen atoms in total. The van der Waals surface area contributed by atoms with E-state index in [1.54, 1.807) is 25.8 Å². The van der Waals surface area contributed by atoms with E-state index in [9.17, 15) is 9.90 Å². The molecule has 0 fully saturated rings. The summed E-state index contributed by atoms with van der Waals surface area (Å²) in [5.74, 6) is -0.508. The number of carboxylic acids is 1. The molecule has 0 aliphatic rings. The third-order valence-electron chi connectivity index (χ3n) is 3.64. The molecule has 2 aromatic carbocycles. The molecular weight excluding hydrogens is 296 g/mol. The summed E-state index contributed by atoms with van der Waals surface area (Å²) in [4.78, 5) is 12.6. The van der Waals surface area contributed by atoms with E-state index in [1.165, 1.54) is 0 Å². The third-order valence-corrected chi connectivity index (χ3v) is 5.28. The lowest BCUT2D eigenvalue weighted by Crippen LogP contribution is -2.17. The van der Waals surface area contributed by atoms with Crippen LogP contribution >= 0.6 is 11.8 Å². The van der Waals surface area contributed by atoms with E-state index >= 15 is 0 Å². The van der Waals surface area contributed by atoms with Crippen LogP contribution in [0.1, 0.15) is 23.3 Å². The highest BCUT2D eigenvalue weighted by Crippen LogP contribution is 2.42. The number of carboxylic acid groups (broad SMARTS) is 1. The molecule has 0 aliphatic carbocycles. The molecule has 0 saturated carbocycles. The van der Waals surface area contributed by atoms with Gasteiger partial charge in [0.25, 0.3) is 0 Å². The van der Waals surface area contributed by atoms with Gasteiger partial charge in [0.2, 0.25) is 0 Å². The van der Waals surface area contributed by atoms with Crippen molar-refractivity contribution in [1.29, 1.82) is 0 Å². The molecule has 22 heavy (non-hydrogen) atoms. The molecule has 2 atom stereocenters. The molecule has 0 saturated heterocycles. The van der Waals surface area contributed by atoms with Crippen molar-refractivity contribution in [3.63, 3.8) is 0 Å². The minimum Gasteiger partial charge on any atom is -0.497 e. The molecule has 2 unspecified atom stereocenters. The van der Waals surface area contributed by atoms with Crippen LogP contribution in [-0.2, 0) is 4.79 Å². The SMILES string of the molecule is COc1ccc(C(Sc2ccccc2C)C(C)C(=O)O)cc1. The van der Waals surface area contributed by atoms with Crippen LogP contribution in [0, 0.1) is 12.8 Å². The van der Waals surface area contributed by atoms with Crippen molar-refractivity contribution in [3.8, 4) is 5.75 Å². The standard InChI is InChI=1S/C18H20O3S/c1-12-6-4-5-7-16(12)22-17(13(2)18(19)20)14-8-10-15(21-3)11-9-14/h4-11,13,17H,1-3H3,(H,19,20). The molecule has 4 heteroatoms. The van der Waals surface area contributed by atoms with Crippen LogP contribution in [0.5, 0.6) is 5.75 Å². The minimum absolute atomic E-state index is 0.149. The largest absolute Gasteiger partial charge is 0.497 e. The fourth-order valence-electron chi connectivity index (χ4n) is 2.21. The lowest BCUT2D eigenvalue weighted by molar-refractivity contribution is -0.141. The van der Waals surface area contributed by atoms with Gasteiger partial charge in [-0.2, -0.15) is 0 Å². The smallest absolute Gasteiger partial charge is 0.307 e. The fraction of sp³-hybridized carbons (Fsp3) is 0.278. The van der Waals surface area contributed by atoms with Crippen LogP contribution in [0.4, 0.5) is 0 Å². The Labute approximate surface area is 135 Å². The number of carbonyl (C=O) groups is 1. The Morgan fingerprint density at radius 3 is 2.32 bits per heavy atom. The summed E-state index contributed by atoms with van der Waals surface area (Å²) in [7, 11) is 1.62. The van der Waals surface area contributed by atoms with Crippen LogP contribution in [0.15, 0.2) is 53.4 Å². The molecule has 0 heterocycles. The molecule has 0 amide bonds. The Kier molecular flexibility index (Phi) is 5.50. The number of thioether (sulfide) groups is 1. The first kappa shape index (κ1) is 16.4. The average molecular weight is 316 g/mol. The molecule has 0 bridgehead atoms. The van der Waals surface area contributed by atoms with Gasteiger partial charge in [0.1, 0.15) is 5.75 Å². The first-order valence-electron chi connectivity index (χ1n) is 7.12. The third kappa shape index (κ3) is 3.83. The highest BCUT2D eigenvalue weighted by molar-refractivity contribution is 7.99. The normalized spacial score (nSPS) is 13.4. The van der Waals surface area contributed by atoms with Crippen molar-refractivity contribution in [3.05, 3.63) is 59.7 Å². The average Bonchev–Trinajstić information content (AvgIpc) is 2.53. The number of rotatable bonds is 6. The molecule has 0 aromatic heterocycles. The van der Waals surface area contributed by atoms with Gasteiger partial charge in [-0.15, -0.1) is 11.8 Å². The topological polar surface area (TPSA) is 46.5 Å². The van der Waals surface area contributed by atoms with E-state index in [0.717, 1.165) is 21.8 Å². The molecule has 0 aliphatic heterocycles. The summed E-state index contributed by atoms with van der Waals surface area (Å²) in [6, 6.07) is 15.7. The highest BCUT2D eigenvalue weighted by Gasteiger charge is 2.26. The van der Waals surface area contributed by atoms with Gasteiger partial charge in [-0.1, -0.05) is 37.3 Å². The number of benzene rings is 2. The Morgan fingerprint density at radius 2 is 1.77 bits per heavy atom. The van der Waals surface area contributed by atoms with E-state index in [1.807, 2.05) is 55.5 Å². The Morgan fingerprint density at radius 1 is 1.14 bits per heavy atom. The second-order valence-electron chi connectivity index (χ2n) is 5.20. The summed E-state index contributed by atoms with van der Waals surface area (Å²) in [6.45, 7) is 3.79. The lowest BCUT2D eigenvalue weighted by atomic mass is 10.0. The summed E-state index contributed by atoms with van der Waals surface area (Å²) in [6.07, 6.45) is 0. The summed E-state index contributed by atoms with van der Waals surface area (Å²) < 4.78 is 5.17. The maximum atomic E-state index is 11.5. The number of aryl methyl sites for hydroxylation is 1. The van der Waals surface area contributed by atoms with E-state index in [-0.39, 0.29) is 5.25 Å². The fourth-order valence-corrected chi connectivity index (χ4v) is 3.51. The van der Waals surface area contributed by atoms with Crippen LogP contribution in [0.3, 0.4) is 0 Å². The molecule has 0 spiro atoms. The highest BCUT2D eigenvalue weighted by atomic mass is 32.2. The monoisotopic (exact) mass is 316 g/mol. The van der Waals surface area contributed by atoms with Crippen LogP contribution in [-0.4, -0.2) is 18.2 Å².